The average molecular weight is 199 g/mol. The molecule has 0 aromatic carbocycles. The average Bonchev–Trinajstić information content (AvgIpc) is 2.34. The molecule has 1 aliphatic rings. The lowest BCUT2D eigenvalue weighted by molar-refractivity contribution is 0.185. The fraction of sp³-hybridized carbons (Fsp3) is 1.00. The van der Waals surface area contributed by atoms with Crippen molar-refractivity contribution in [2.24, 2.45) is 5.92 Å². The summed E-state index contributed by atoms with van der Waals surface area (Å²) < 4.78 is 26.7. The zero-order valence-electron chi connectivity index (χ0n) is 6.29. The van der Waals surface area contributed by atoms with E-state index in [1.165, 1.54) is 0 Å². The topological polar surface area (TPSA) is 43.4 Å². The molecular formula is C6H11ClO3S. The Kier molecular flexibility index (Phi) is 2.78. The van der Waals surface area contributed by atoms with Gasteiger partial charge < -0.3 is 4.74 Å². The molecule has 0 N–H and O–H groups in total. The van der Waals surface area contributed by atoms with E-state index in [4.69, 9.17) is 15.4 Å². The number of hydrogen-bond acceptors (Lipinski definition) is 3. The van der Waals surface area contributed by atoms with Crippen molar-refractivity contribution in [1.29, 1.82) is 0 Å². The third-order valence-electron chi connectivity index (χ3n) is 2.07. The van der Waals surface area contributed by atoms with Gasteiger partial charge in [0, 0.05) is 23.2 Å². The van der Waals surface area contributed by atoms with Crippen molar-refractivity contribution in [3.63, 3.8) is 0 Å². The molecule has 0 aromatic rings. The molecule has 1 fully saturated rings. The van der Waals surface area contributed by atoms with Crippen LogP contribution in [-0.4, -0.2) is 26.9 Å². The van der Waals surface area contributed by atoms with Gasteiger partial charge in [-0.25, -0.2) is 8.42 Å². The molecule has 3 nitrogen and oxygen atoms in total. The van der Waals surface area contributed by atoms with Crippen LogP contribution in [0.5, 0.6) is 0 Å². The Morgan fingerprint density at radius 1 is 1.64 bits per heavy atom. The summed E-state index contributed by atoms with van der Waals surface area (Å²) in [7, 11) is 1.79. The van der Waals surface area contributed by atoms with Crippen LogP contribution in [0, 0.1) is 5.92 Å². The van der Waals surface area contributed by atoms with Crippen LogP contribution >= 0.6 is 10.7 Å². The molecule has 0 spiro atoms. The Bertz CT molecular complexity index is 218. The molecule has 0 amide bonds. The molecule has 0 bridgehead atoms. The summed E-state index contributed by atoms with van der Waals surface area (Å²) in [6, 6.07) is 0. The standard InChI is InChI=1S/C6H11ClO3S/c1-5(11(7,8)9)6-2-3-10-4-6/h5-6H,2-4H2,1H3. The molecule has 2 atom stereocenters. The highest BCUT2D eigenvalue weighted by molar-refractivity contribution is 8.14. The van der Waals surface area contributed by atoms with E-state index < -0.39 is 14.3 Å². The summed E-state index contributed by atoms with van der Waals surface area (Å²) in [4.78, 5) is 0. The van der Waals surface area contributed by atoms with Gasteiger partial charge in [0.1, 0.15) is 0 Å². The van der Waals surface area contributed by atoms with E-state index in [9.17, 15) is 8.42 Å². The number of rotatable bonds is 2. The van der Waals surface area contributed by atoms with E-state index in [-0.39, 0.29) is 5.92 Å². The summed E-state index contributed by atoms with van der Waals surface area (Å²) >= 11 is 0. The maximum absolute atomic E-state index is 10.8. The largest absolute Gasteiger partial charge is 0.381 e. The second kappa shape index (κ2) is 3.29. The zero-order valence-corrected chi connectivity index (χ0v) is 7.86. The molecule has 0 saturated carbocycles. The van der Waals surface area contributed by atoms with Crippen LogP contribution in [0.4, 0.5) is 0 Å². The van der Waals surface area contributed by atoms with Gasteiger partial charge >= 0.3 is 0 Å². The molecule has 1 saturated heterocycles. The van der Waals surface area contributed by atoms with Crippen LogP contribution < -0.4 is 0 Å². The van der Waals surface area contributed by atoms with Gasteiger partial charge in [0.15, 0.2) is 0 Å². The van der Waals surface area contributed by atoms with Gasteiger partial charge in [-0.1, -0.05) is 0 Å². The third kappa shape index (κ3) is 2.32. The molecule has 1 aliphatic heterocycles. The Hall–Kier alpha value is 0.200. The third-order valence-corrected chi connectivity index (χ3v) is 4.19. The summed E-state index contributed by atoms with van der Waals surface area (Å²) in [5.41, 5.74) is 0. The Balaban J connectivity index is 2.60. The Morgan fingerprint density at radius 2 is 2.27 bits per heavy atom. The van der Waals surface area contributed by atoms with Crippen LogP contribution in [0.15, 0.2) is 0 Å². The van der Waals surface area contributed by atoms with Gasteiger partial charge in [-0.05, 0) is 13.3 Å². The van der Waals surface area contributed by atoms with Crippen LogP contribution in [0.3, 0.4) is 0 Å². The quantitative estimate of drug-likeness (QED) is 0.622. The first-order valence-corrected chi connectivity index (χ1v) is 5.90. The Labute approximate surface area is 71.1 Å². The first kappa shape index (κ1) is 9.29. The molecule has 11 heavy (non-hydrogen) atoms. The first-order chi connectivity index (χ1) is 5.02. The van der Waals surface area contributed by atoms with Crippen molar-refractivity contribution >= 4 is 19.7 Å². The van der Waals surface area contributed by atoms with Crippen molar-refractivity contribution in [2.75, 3.05) is 13.2 Å². The van der Waals surface area contributed by atoms with Crippen molar-refractivity contribution in [1.82, 2.24) is 0 Å². The second-order valence-corrected chi connectivity index (χ2v) is 5.79. The van der Waals surface area contributed by atoms with Gasteiger partial charge in [0.05, 0.1) is 11.9 Å². The molecule has 1 heterocycles. The van der Waals surface area contributed by atoms with E-state index in [2.05, 4.69) is 0 Å². The number of halogens is 1. The molecule has 66 valence electrons. The van der Waals surface area contributed by atoms with Gasteiger partial charge in [-0.15, -0.1) is 0 Å². The van der Waals surface area contributed by atoms with Crippen LogP contribution in [-0.2, 0) is 13.8 Å². The molecular weight excluding hydrogens is 188 g/mol. The van der Waals surface area contributed by atoms with Crippen molar-refractivity contribution in [3.05, 3.63) is 0 Å². The zero-order chi connectivity index (χ0) is 8.48. The highest BCUT2D eigenvalue weighted by Gasteiger charge is 2.30. The smallest absolute Gasteiger partial charge is 0.235 e. The lowest BCUT2D eigenvalue weighted by atomic mass is 10.1. The SMILES string of the molecule is CC(C1CCOC1)S(=O)(=O)Cl. The van der Waals surface area contributed by atoms with Gasteiger partial charge in [-0.3, -0.25) is 0 Å². The van der Waals surface area contributed by atoms with Crippen molar-refractivity contribution in [2.45, 2.75) is 18.6 Å². The predicted octanol–water partition coefficient (Wildman–Crippen LogP) is 0.980. The van der Waals surface area contributed by atoms with Crippen LogP contribution in [0.25, 0.3) is 0 Å². The van der Waals surface area contributed by atoms with Gasteiger partial charge in [-0.2, -0.15) is 0 Å². The molecule has 1 rings (SSSR count). The van der Waals surface area contributed by atoms with Crippen LogP contribution in [0.1, 0.15) is 13.3 Å². The van der Waals surface area contributed by atoms with E-state index in [0.717, 1.165) is 6.42 Å². The predicted molar refractivity (Wildman–Crippen MR) is 43.2 cm³/mol. The Morgan fingerprint density at radius 3 is 2.64 bits per heavy atom. The molecule has 0 aliphatic carbocycles. The summed E-state index contributed by atoms with van der Waals surface area (Å²) in [6.45, 7) is 2.80. The minimum atomic E-state index is -3.39. The second-order valence-electron chi connectivity index (χ2n) is 2.80. The highest BCUT2D eigenvalue weighted by Crippen LogP contribution is 2.23. The molecule has 2 unspecified atom stereocenters. The van der Waals surface area contributed by atoms with Crippen molar-refractivity contribution < 1.29 is 13.2 Å². The number of hydrogen-bond donors (Lipinski definition) is 0. The van der Waals surface area contributed by atoms with Crippen molar-refractivity contribution in [3.8, 4) is 0 Å². The van der Waals surface area contributed by atoms with E-state index in [1.54, 1.807) is 6.92 Å². The van der Waals surface area contributed by atoms with Gasteiger partial charge in [0.25, 0.3) is 0 Å². The van der Waals surface area contributed by atoms with Gasteiger partial charge in [0.2, 0.25) is 9.05 Å². The summed E-state index contributed by atoms with van der Waals surface area (Å²) in [5.74, 6) is 0.0810. The van der Waals surface area contributed by atoms with E-state index >= 15 is 0 Å². The van der Waals surface area contributed by atoms with Crippen LogP contribution in [0.2, 0.25) is 0 Å². The molecule has 5 heteroatoms. The first-order valence-electron chi connectivity index (χ1n) is 3.53. The molecule has 0 radical (unpaired) electrons. The maximum Gasteiger partial charge on any atom is 0.235 e. The highest BCUT2D eigenvalue weighted by atomic mass is 35.7. The number of ether oxygens (including phenoxy) is 1. The lowest BCUT2D eigenvalue weighted by Crippen LogP contribution is -2.23. The minimum Gasteiger partial charge on any atom is -0.381 e. The fourth-order valence-corrected chi connectivity index (χ4v) is 2.26. The molecule has 0 aromatic heterocycles. The van der Waals surface area contributed by atoms with E-state index in [0.29, 0.717) is 13.2 Å². The fourth-order valence-electron chi connectivity index (χ4n) is 1.15. The minimum absolute atomic E-state index is 0.0810. The maximum atomic E-state index is 10.8. The lowest BCUT2D eigenvalue weighted by Gasteiger charge is -2.12. The van der Waals surface area contributed by atoms with E-state index in [1.807, 2.05) is 0 Å². The summed E-state index contributed by atoms with van der Waals surface area (Å²) in [5, 5.41) is -0.480. The summed E-state index contributed by atoms with van der Waals surface area (Å²) in [6.07, 6.45) is 0.799. The monoisotopic (exact) mass is 198 g/mol. The normalized spacial score (nSPS) is 28.7.